The summed E-state index contributed by atoms with van der Waals surface area (Å²) < 4.78 is 19.1. The van der Waals surface area contributed by atoms with E-state index in [-0.39, 0.29) is 35.8 Å². The summed E-state index contributed by atoms with van der Waals surface area (Å²) in [6.45, 7) is 3.65. The van der Waals surface area contributed by atoms with Crippen LogP contribution in [-0.4, -0.2) is 73.6 Å². The predicted octanol–water partition coefficient (Wildman–Crippen LogP) is 0.910. The van der Waals surface area contributed by atoms with Gasteiger partial charge in [0, 0.05) is 32.7 Å². The van der Waals surface area contributed by atoms with Gasteiger partial charge < -0.3 is 19.9 Å². The topological polar surface area (TPSA) is 61.9 Å². The van der Waals surface area contributed by atoms with E-state index in [0.29, 0.717) is 52.4 Å². The fourth-order valence-corrected chi connectivity index (χ4v) is 3.09. The van der Waals surface area contributed by atoms with Crippen LogP contribution in [0, 0.1) is 5.82 Å². The minimum absolute atomic E-state index is 0. The first-order chi connectivity index (χ1) is 11.7. The average Bonchev–Trinajstić information content (AvgIpc) is 2.88. The van der Waals surface area contributed by atoms with Crippen LogP contribution in [0.15, 0.2) is 24.3 Å². The Labute approximate surface area is 152 Å². The van der Waals surface area contributed by atoms with Crippen LogP contribution in [0.2, 0.25) is 0 Å². The van der Waals surface area contributed by atoms with Crippen molar-refractivity contribution in [2.45, 2.75) is 12.5 Å². The third-order valence-electron chi connectivity index (χ3n) is 4.42. The smallest absolute Gasteiger partial charge is 0.256 e. The molecule has 0 aromatic heterocycles. The Kier molecular flexibility index (Phi) is 7.16. The second-order valence-electron chi connectivity index (χ2n) is 6.03. The highest BCUT2D eigenvalue weighted by atomic mass is 35.5. The Morgan fingerprint density at radius 1 is 1.12 bits per heavy atom. The lowest BCUT2D eigenvalue weighted by molar-refractivity contribution is -0.136. The molecule has 6 nitrogen and oxygen atoms in total. The van der Waals surface area contributed by atoms with Crippen molar-refractivity contribution in [3.8, 4) is 0 Å². The maximum Gasteiger partial charge on any atom is 0.256 e. The number of benzene rings is 1. The molecule has 1 aromatic rings. The zero-order chi connectivity index (χ0) is 16.9. The highest BCUT2D eigenvalue weighted by Gasteiger charge is 2.29. The van der Waals surface area contributed by atoms with Crippen molar-refractivity contribution >= 4 is 24.2 Å². The molecule has 1 N–H and O–H groups in total. The summed E-state index contributed by atoms with van der Waals surface area (Å²) in [6.07, 6.45) is 0.680. The summed E-state index contributed by atoms with van der Waals surface area (Å²) in [7, 11) is 0. The van der Waals surface area contributed by atoms with Gasteiger partial charge in [0.2, 0.25) is 5.91 Å². The van der Waals surface area contributed by atoms with Gasteiger partial charge in [0.25, 0.3) is 5.91 Å². The van der Waals surface area contributed by atoms with E-state index in [1.165, 1.54) is 12.1 Å². The van der Waals surface area contributed by atoms with Gasteiger partial charge in [-0.25, -0.2) is 4.39 Å². The molecule has 2 fully saturated rings. The molecule has 2 saturated heterocycles. The predicted molar refractivity (Wildman–Crippen MR) is 93.4 cm³/mol. The van der Waals surface area contributed by atoms with Crippen LogP contribution < -0.4 is 5.32 Å². The number of rotatable bonds is 2. The number of amides is 2. The van der Waals surface area contributed by atoms with E-state index < -0.39 is 5.82 Å². The molecule has 0 aliphatic carbocycles. The number of carbonyl (C=O) groups excluding carboxylic acids is 2. The minimum Gasteiger partial charge on any atom is -0.378 e. The zero-order valence-corrected chi connectivity index (χ0v) is 14.8. The molecule has 25 heavy (non-hydrogen) atoms. The number of hydrogen-bond donors (Lipinski definition) is 1. The second-order valence-corrected chi connectivity index (χ2v) is 6.03. The van der Waals surface area contributed by atoms with Gasteiger partial charge in [-0.2, -0.15) is 0 Å². The molecule has 2 aliphatic heterocycles. The average molecular weight is 372 g/mol. The Morgan fingerprint density at radius 3 is 2.56 bits per heavy atom. The molecule has 2 aliphatic rings. The molecule has 2 heterocycles. The first-order valence-electron chi connectivity index (χ1n) is 8.30. The van der Waals surface area contributed by atoms with Crippen LogP contribution in [0.5, 0.6) is 0 Å². The molecule has 0 saturated carbocycles. The minimum atomic E-state index is -0.511. The molecule has 8 heteroatoms. The van der Waals surface area contributed by atoms with E-state index in [1.54, 1.807) is 21.9 Å². The third-order valence-corrected chi connectivity index (χ3v) is 4.42. The summed E-state index contributed by atoms with van der Waals surface area (Å²) in [4.78, 5) is 28.4. The van der Waals surface area contributed by atoms with E-state index in [1.807, 2.05) is 0 Å². The third kappa shape index (κ3) is 4.68. The SMILES string of the molecule is Cl.O=C(c1ccccc1F)N1CCCN(C(=O)C2COCCN2)CC1. The molecule has 0 spiro atoms. The van der Waals surface area contributed by atoms with Gasteiger partial charge in [0.15, 0.2) is 0 Å². The van der Waals surface area contributed by atoms with Gasteiger partial charge in [-0.1, -0.05) is 12.1 Å². The van der Waals surface area contributed by atoms with Crippen LogP contribution >= 0.6 is 12.4 Å². The van der Waals surface area contributed by atoms with E-state index in [4.69, 9.17) is 4.74 Å². The Balaban J connectivity index is 0.00000225. The molecule has 1 unspecified atom stereocenters. The lowest BCUT2D eigenvalue weighted by Gasteiger charge is -2.29. The number of carbonyl (C=O) groups is 2. The molecule has 1 atom stereocenters. The lowest BCUT2D eigenvalue weighted by atomic mass is 10.2. The lowest BCUT2D eigenvalue weighted by Crippen LogP contribution is -2.53. The molecule has 2 amide bonds. The summed E-state index contributed by atoms with van der Waals surface area (Å²) in [6, 6.07) is 5.68. The molecule has 0 bridgehead atoms. The maximum absolute atomic E-state index is 13.8. The Bertz CT molecular complexity index is 611. The van der Waals surface area contributed by atoms with Gasteiger partial charge in [0.05, 0.1) is 18.8 Å². The number of morpholine rings is 1. The number of nitrogens with one attached hydrogen (secondary N) is 1. The van der Waals surface area contributed by atoms with Gasteiger partial charge in [0.1, 0.15) is 11.9 Å². The van der Waals surface area contributed by atoms with Gasteiger partial charge in [-0.05, 0) is 18.6 Å². The summed E-state index contributed by atoms with van der Waals surface area (Å²) in [5, 5.41) is 3.16. The molecular formula is C17H23ClFN3O3. The number of nitrogens with zero attached hydrogens (tertiary/aromatic N) is 2. The van der Waals surface area contributed by atoms with E-state index in [0.717, 1.165) is 0 Å². The van der Waals surface area contributed by atoms with Crippen molar-refractivity contribution < 1.29 is 18.7 Å². The van der Waals surface area contributed by atoms with Gasteiger partial charge in [-0.15, -0.1) is 12.4 Å². The van der Waals surface area contributed by atoms with Crippen molar-refractivity contribution in [2.24, 2.45) is 0 Å². The fourth-order valence-electron chi connectivity index (χ4n) is 3.09. The molecule has 0 radical (unpaired) electrons. The van der Waals surface area contributed by atoms with Crippen LogP contribution in [0.4, 0.5) is 4.39 Å². The van der Waals surface area contributed by atoms with Crippen molar-refractivity contribution in [3.63, 3.8) is 0 Å². The Hall–Kier alpha value is -1.70. The Morgan fingerprint density at radius 2 is 1.84 bits per heavy atom. The summed E-state index contributed by atoms with van der Waals surface area (Å²) >= 11 is 0. The van der Waals surface area contributed by atoms with Crippen LogP contribution in [0.25, 0.3) is 0 Å². The number of halogens is 2. The van der Waals surface area contributed by atoms with Gasteiger partial charge in [-0.3, -0.25) is 9.59 Å². The highest BCUT2D eigenvalue weighted by Crippen LogP contribution is 2.13. The first kappa shape index (κ1) is 19.6. The normalized spacial score (nSPS) is 21.2. The summed E-state index contributed by atoms with van der Waals surface area (Å²) in [5.41, 5.74) is 0.0830. The van der Waals surface area contributed by atoms with Crippen LogP contribution in [-0.2, 0) is 9.53 Å². The molecular weight excluding hydrogens is 349 g/mol. The van der Waals surface area contributed by atoms with E-state index >= 15 is 0 Å². The monoisotopic (exact) mass is 371 g/mol. The van der Waals surface area contributed by atoms with Crippen LogP contribution in [0.1, 0.15) is 16.8 Å². The van der Waals surface area contributed by atoms with Crippen molar-refractivity contribution in [1.82, 2.24) is 15.1 Å². The highest BCUT2D eigenvalue weighted by molar-refractivity contribution is 5.94. The summed E-state index contributed by atoms with van der Waals surface area (Å²) in [5.74, 6) is -0.820. The molecule has 3 rings (SSSR count). The zero-order valence-electron chi connectivity index (χ0n) is 13.9. The van der Waals surface area contributed by atoms with Crippen LogP contribution in [0.3, 0.4) is 0 Å². The van der Waals surface area contributed by atoms with Crippen molar-refractivity contribution in [2.75, 3.05) is 45.9 Å². The molecule has 1 aromatic carbocycles. The van der Waals surface area contributed by atoms with Crippen molar-refractivity contribution in [3.05, 3.63) is 35.6 Å². The first-order valence-corrected chi connectivity index (χ1v) is 8.30. The quantitative estimate of drug-likeness (QED) is 0.839. The fraction of sp³-hybridized carbons (Fsp3) is 0.529. The standard InChI is InChI=1S/C17H22FN3O3.ClH/c18-14-5-2-1-4-13(14)16(22)20-7-3-8-21(10-9-20)17(23)15-12-24-11-6-19-15;/h1-2,4-5,15,19H,3,6-12H2;1H. The largest absolute Gasteiger partial charge is 0.378 e. The second kappa shape index (κ2) is 9.12. The maximum atomic E-state index is 13.8. The van der Waals surface area contributed by atoms with Crippen molar-refractivity contribution in [1.29, 1.82) is 0 Å². The number of hydrogen-bond acceptors (Lipinski definition) is 4. The van der Waals surface area contributed by atoms with E-state index in [2.05, 4.69) is 5.32 Å². The van der Waals surface area contributed by atoms with Gasteiger partial charge >= 0.3 is 0 Å². The number of ether oxygens (including phenoxy) is 1. The molecule has 138 valence electrons. The van der Waals surface area contributed by atoms with E-state index in [9.17, 15) is 14.0 Å².